The van der Waals surface area contributed by atoms with E-state index in [9.17, 15) is 8.42 Å². The van der Waals surface area contributed by atoms with Crippen LogP contribution < -0.4 is 0 Å². The molecule has 60 valence electrons. The molecule has 1 aliphatic heterocycles. The quantitative estimate of drug-likeness (QED) is 0.412. The van der Waals surface area contributed by atoms with Crippen LogP contribution in [0.5, 0.6) is 0 Å². The maximum absolute atomic E-state index is 10.7. The van der Waals surface area contributed by atoms with Crippen molar-refractivity contribution in [3.63, 3.8) is 0 Å². The molecule has 1 saturated heterocycles. The molecule has 0 N–H and O–H groups in total. The summed E-state index contributed by atoms with van der Waals surface area (Å²) in [6.07, 6.45) is 0.469. The van der Waals surface area contributed by atoms with Crippen LogP contribution in [0.15, 0.2) is 0 Å². The fourth-order valence-electron chi connectivity index (χ4n) is 0.682. The lowest BCUT2D eigenvalue weighted by Crippen LogP contribution is -2.35. The average Bonchev–Trinajstić information content (AvgIpc) is 1.79. The summed E-state index contributed by atoms with van der Waals surface area (Å²) < 4.78 is 25.8. The van der Waals surface area contributed by atoms with E-state index in [-0.39, 0.29) is 12.4 Å². The molecule has 10 heavy (non-hydrogen) atoms. The summed E-state index contributed by atoms with van der Waals surface area (Å²) in [5.74, 6) is 0.0347. The van der Waals surface area contributed by atoms with Gasteiger partial charge < -0.3 is 0 Å². The molecule has 1 aliphatic rings. The van der Waals surface area contributed by atoms with Crippen molar-refractivity contribution in [3.05, 3.63) is 0 Å². The Morgan fingerprint density at radius 2 is 2.20 bits per heavy atom. The van der Waals surface area contributed by atoms with Gasteiger partial charge in [0.25, 0.3) is 10.1 Å². The predicted octanol–water partition coefficient (Wildman–Crippen LogP) is 0.734. The lowest BCUT2D eigenvalue weighted by molar-refractivity contribution is 0.254. The van der Waals surface area contributed by atoms with Crippen molar-refractivity contribution >= 4 is 21.7 Å². The zero-order valence-electron chi connectivity index (χ0n) is 5.63. The minimum atomic E-state index is -3.24. The third-order valence-electron chi connectivity index (χ3n) is 1.41. The van der Waals surface area contributed by atoms with Gasteiger partial charge in [0.15, 0.2) is 0 Å². The zero-order valence-corrected chi connectivity index (χ0v) is 7.20. The van der Waals surface area contributed by atoms with Crippen molar-refractivity contribution < 1.29 is 12.6 Å². The minimum Gasteiger partial charge on any atom is -0.268 e. The van der Waals surface area contributed by atoms with Crippen molar-refractivity contribution in [3.8, 4) is 0 Å². The monoisotopic (exact) mass is 184 g/mol. The minimum absolute atomic E-state index is 0.0347. The van der Waals surface area contributed by atoms with E-state index in [1.54, 1.807) is 6.92 Å². The second kappa shape index (κ2) is 2.36. The molecule has 0 bridgehead atoms. The summed E-state index contributed by atoms with van der Waals surface area (Å²) >= 11 is 5.81. The molecule has 1 fully saturated rings. The Kier molecular flexibility index (Phi) is 1.96. The van der Waals surface area contributed by atoms with Crippen molar-refractivity contribution in [1.82, 2.24) is 0 Å². The van der Waals surface area contributed by atoms with E-state index in [1.165, 1.54) is 0 Å². The van der Waals surface area contributed by atoms with Crippen LogP contribution >= 0.6 is 11.6 Å². The second-order valence-electron chi connectivity index (χ2n) is 2.69. The number of alkyl halides is 1. The number of halogens is 1. The SMILES string of the molecule is CC1(Cl)CCS(=O)(=O)OC1. The molecule has 1 atom stereocenters. The molecule has 1 unspecified atom stereocenters. The zero-order chi connectivity index (χ0) is 7.83. The van der Waals surface area contributed by atoms with Gasteiger partial charge in [-0.05, 0) is 13.3 Å². The maximum atomic E-state index is 10.7. The Bertz CT molecular complexity index is 203. The highest BCUT2D eigenvalue weighted by atomic mass is 35.5. The van der Waals surface area contributed by atoms with Gasteiger partial charge in [0, 0.05) is 0 Å². The van der Waals surface area contributed by atoms with Crippen LogP contribution in [0.2, 0.25) is 0 Å². The summed E-state index contributed by atoms with van der Waals surface area (Å²) in [6.45, 7) is 1.86. The summed E-state index contributed by atoms with van der Waals surface area (Å²) in [5, 5.41) is 0. The maximum Gasteiger partial charge on any atom is 0.267 e. The second-order valence-corrected chi connectivity index (χ2v) is 5.36. The molecule has 0 saturated carbocycles. The Morgan fingerprint density at radius 3 is 2.50 bits per heavy atom. The highest BCUT2D eigenvalue weighted by Gasteiger charge is 2.31. The Balaban J connectivity index is 2.63. The van der Waals surface area contributed by atoms with Gasteiger partial charge in [0.2, 0.25) is 0 Å². The van der Waals surface area contributed by atoms with Crippen LogP contribution in [-0.4, -0.2) is 25.7 Å². The molecule has 0 aromatic rings. The van der Waals surface area contributed by atoms with E-state index in [0.717, 1.165) is 0 Å². The molecule has 0 amide bonds. The highest BCUT2D eigenvalue weighted by molar-refractivity contribution is 7.86. The molecule has 0 aliphatic carbocycles. The van der Waals surface area contributed by atoms with Crippen LogP contribution in [0.25, 0.3) is 0 Å². The summed E-state index contributed by atoms with van der Waals surface area (Å²) in [7, 11) is -3.24. The molecule has 5 heteroatoms. The van der Waals surface area contributed by atoms with Gasteiger partial charge in [-0.3, -0.25) is 4.18 Å². The molecule has 0 aromatic carbocycles. The highest BCUT2D eigenvalue weighted by Crippen LogP contribution is 2.25. The molecule has 0 aromatic heterocycles. The molecule has 0 spiro atoms. The third-order valence-corrected chi connectivity index (χ3v) is 2.89. The average molecular weight is 185 g/mol. The van der Waals surface area contributed by atoms with Crippen LogP contribution in [0.3, 0.4) is 0 Å². The summed E-state index contributed by atoms with van der Waals surface area (Å²) in [5.41, 5.74) is 0. The first-order valence-electron chi connectivity index (χ1n) is 2.97. The van der Waals surface area contributed by atoms with Crippen LogP contribution in [-0.2, 0) is 14.3 Å². The van der Waals surface area contributed by atoms with Crippen LogP contribution in [0, 0.1) is 0 Å². The van der Waals surface area contributed by atoms with Gasteiger partial charge in [-0.25, -0.2) is 0 Å². The van der Waals surface area contributed by atoms with E-state index >= 15 is 0 Å². The van der Waals surface area contributed by atoms with Crippen LogP contribution in [0.4, 0.5) is 0 Å². The smallest absolute Gasteiger partial charge is 0.267 e. The van der Waals surface area contributed by atoms with Gasteiger partial charge in [-0.1, -0.05) is 0 Å². The van der Waals surface area contributed by atoms with E-state index in [4.69, 9.17) is 11.6 Å². The fourth-order valence-corrected chi connectivity index (χ4v) is 2.27. The Labute approximate surface area is 65.4 Å². The van der Waals surface area contributed by atoms with Gasteiger partial charge in [0.05, 0.1) is 17.2 Å². The first kappa shape index (κ1) is 8.30. The van der Waals surface area contributed by atoms with Gasteiger partial charge >= 0.3 is 0 Å². The lowest BCUT2D eigenvalue weighted by Gasteiger charge is -2.25. The van der Waals surface area contributed by atoms with Gasteiger partial charge in [-0.2, -0.15) is 8.42 Å². The summed E-state index contributed by atoms with van der Waals surface area (Å²) in [6, 6.07) is 0. The molecule has 0 radical (unpaired) electrons. The predicted molar refractivity (Wildman–Crippen MR) is 38.6 cm³/mol. The third kappa shape index (κ3) is 2.11. The largest absolute Gasteiger partial charge is 0.268 e. The standard InChI is InChI=1S/C5H9ClO3S/c1-5(6)2-3-10(7,8)9-4-5/h2-4H2,1H3. The Morgan fingerprint density at radius 1 is 1.60 bits per heavy atom. The fraction of sp³-hybridized carbons (Fsp3) is 1.00. The summed E-state index contributed by atoms with van der Waals surface area (Å²) in [4.78, 5) is -0.495. The topological polar surface area (TPSA) is 43.4 Å². The number of hydrogen-bond acceptors (Lipinski definition) is 3. The molecule has 3 nitrogen and oxygen atoms in total. The Hall–Kier alpha value is 0.200. The van der Waals surface area contributed by atoms with E-state index in [2.05, 4.69) is 4.18 Å². The van der Waals surface area contributed by atoms with E-state index in [1.807, 2.05) is 0 Å². The van der Waals surface area contributed by atoms with Crippen molar-refractivity contribution in [2.45, 2.75) is 18.2 Å². The lowest BCUT2D eigenvalue weighted by atomic mass is 10.1. The van der Waals surface area contributed by atoms with Crippen molar-refractivity contribution in [2.75, 3.05) is 12.4 Å². The van der Waals surface area contributed by atoms with Gasteiger partial charge in [-0.15, -0.1) is 11.6 Å². The van der Waals surface area contributed by atoms with Gasteiger partial charge in [0.1, 0.15) is 0 Å². The first-order chi connectivity index (χ1) is 4.41. The first-order valence-corrected chi connectivity index (χ1v) is 4.93. The molecular formula is C5H9ClO3S. The normalized spacial score (nSPS) is 39.4. The van der Waals surface area contributed by atoms with Crippen molar-refractivity contribution in [2.24, 2.45) is 0 Å². The van der Waals surface area contributed by atoms with Crippen molar-refractivity contribution in [1.29, 1.82) is 0 Å². The van der Waals surface area contributed by atoms with E-state index < -0.39 is 15.0 Å². The molecule has 1 heterocycles. The van der Waals surface area contributed by atoms with Crippen LogP contribution in [0.1, 0.15) is 13.3 Å². The number of rotatable bonds is 0. The molecular weight excluding hydrogens is 176 g/mol. The van der Waals surface area contributed by atoms with E-state index in [0.29, 0.717) is 6.42 Å². The number of hydrogen-bond donors (Lipinski definition) is 0. The molecule has 1 rings (SSSR count).